The van der Waals surface area contributed by atoms with Crippen LogP contribution in [0.3, 0.4) is 0 Å². The van der Waals surface area contributed by atoms with Crippen LogP contribution in [0.25, 0.3) is 0 Å². The Morgan fingerprint density at radius 2 is 1.93 bits per heavy atom. The van der Waals surface area contributed by atoms with E-state index in [1.807, 2.05) is 0 Å². The van der Waals surface area contributed by atoms with Crippen LogP contribution in [-0.4, -0.2) is 47.4 Å². The molecule has 2 aliphatic rings. The minimum absolute atomic E-state index is 0.137. The Morgan fingerprint density at radius 3 is 2.56 bits per heavy atom. The van der Waals surface area contributed by atoms with E-state index in [1.165, 1.54) is 19.2 Å². The summed E-state index contributed by atoms with van der Waals surface area (Å²) in [5.74, 6) is -1.41. The number of halogens is 3. The molecular formula is C18H21F3N2O4. The SMILES string of the molecule is COc1ccc(OCC(=O)N2N=C3CCCCC[C@H]3[C@]2(O)C(F)(F)F)cc1. The van der Waals surface area contributed by atoms with Crippen molar-refractivity contribution in [3.8, 4) is 11.5 Å². The quantitative estimate of drug-likeness (QED) is 0.863. The van der Waals surface area contributed by atoms with Gasteiger partial charge >= 0.3 is 6.18 Å². The molecule has 1 aromatic rings. The van der Waals surface area contributed by atoms with E-state index in [1.54, 1.807) is 12.1 Å². The number of aliphatic hydroxyl groups is 1. The summed E-state index contributed by atoms with van der Waals surface area (Å²) < 4.78 is 51.5. The van der Waals surface area contributed by atoms with Crippen molar-refractivity contribution in [2.24, 2.45) is 11.0 Å². The lowest BCUT2D eigenvalue weighted by molar-refractivity contribution is -0.317. The molecule has 3 rings (SSSR count). The van der Waals surface area contributed by atoms with Gasteiger partial charge in [0.25, 0.3) is 11.6 Å². The number of ether oxygens (including phenoxy) is 2. The fourth-order valence-electron chi connectivity index (χ4n) is 3.52. The first-order chi connectivity index (χ1) is 12.8. The van der Waals surface area contributed by atoms with Crippen molar-refractivity contribution in [2.75, 3.05) is 13.7 Å². The number of nitrogens with zero attached hydrogens (tertiary/aromatic N) is 2. The lowest BCUT2D eigenvalue weighted by Gasteiger charge is -2.37. The molecule has 9 heteroatoms. The molecule has 27 heavy (non-hydrogen) atoms. The van der Waals surface area contributed by atoms with Crippen LogP contribution in [0.15, 0.2) is 29.4 Å². The van der Waals surface area contributed by atoms with E-state index in [0.717, 1.165) is 6.42 Å². The predicted molar refractivity (Wildman–Crippen MR) is 90.3 cm³/mol. The highest BCUT2D eigenvalue weighted by atomic mass is 19.4. The Balaban J connectivity index is 1.78. The molecule has 1 amide bonds. The average Bonchev–Trinajstić information content (AvgIpc) is 2.79. The third kappa shape index (κ3) is 3.60. The fourth-order valence-corrected chi connectivity index (χ4v) is 3.52. The van der Waals surface area contributed by atoms with Crippen molar-refractivity contribution < 1.29 is 32.5 Å². The molecule has 0 aromatic heterocycles. The van der Waals surface area contributed by atoms with Crippen LogP contribution in [0.2, 0.25) is 0 Å². The fraction of sp³-hybridized carbons (Fsp3) is 0.556. The molecule has 0 saturated heterocycles. The van der Waals surface area contributed by atoms with Gasteiger partial charge in [-0.25, -0.2) is 0 Å². The summed E-state index contributed by atoms with van der Waals surface area (Å²) in [6.07, 6.45) is -2.54. The highest BCUT2D eigenvalue weighted by Crippen LogP contribution is 2.47. The van der Waals surface area contributed by atoms with Crippen molar-refractivity contribution in [2.45, 2.75) is 44.0 Å². The number of methoxy groups -OCH3 is 1. The van der Waals surface area contributed by atoms with Gasteiger partial charge in [0.15, 0.2) is 6.61 Å². The molecule has 2 atom stereocenters. The monoisotopic (exact) mass is 386 g/mol. The normalized spacial score (nSPS) is 25.4. The predicted octanol–water partition coefficient (Wildman–Crippen LogP) is 3.10. The number of hydrogen-bond donors (Lipinski definition) is 1. The van der Waals surface area contributed by atoms with Crippen LogP contribution < -0.4 is 9.47 Å². The smallest absolute Gasteiger partial charge is 0.439 e. The lowest BCUT2D eigenvalue weighted by atomic mass is 9.87. The average molecular weight is 386 g/mol. The second-order valence-electron chi connectivity index (χ2n) is 6.64. The van der Waals surface area contributed by atoms with E-state index in [9.17, 15) is 23.1 Å². The molecule has 1 fully saturated rings. The highest BCUT2D eigenvalue weighted by Gasteiger charge is 2.68. The number of amides is 1. The van der Waals surface area contributed by atoms with Gasteiger partial charge in [-0.15, -0.1) is 0 Å². The van der Waals surface area contributed by atoms with E-state index < -0.39 is 30.3 Å². The van der Waals surface area contributed by atoms with Crippen molar-refractivity contribution in [1.29, 1.82) is 0 Å². The number of hydrazone groups is 1. The molecule has 1 N–H and O–H groups in total. The van der Waals surface area contributed by atoms with Crippen molar-refractivity contribution >= 4 is 11.6 Å². The third-order valence-corrected chi connectivity index (χ3v) is 4.94. The highest BCUT2D eigenvalue weighted by molar-refractivity contribution is 5.93. The van der Waals surface area contributed by atoms with E-state index in [-0.39, 0.29) is 17.1 Å². The number of rotatable bonds is 4. The zero-order chi connectivity index (χ0) is 19.7. The minimum atomic E-state index is -5.02. The van der Waals surface area contributed by atoms with E-state index in [0.29, 0.717) is 30.8 Å². The Hall–Kier alpha value is -2.29. The van der Waals surface area contributed by atoms with Gasteiger partial charge in [-0.3, -0.25) is 4.79 Å². The largest absolute Gasteiger partial charge is 0.497 e. The second-order valence-corrected chi connectivity index (χ2v) is 6.64. The number of fused-ring (bicyclic) bond motifs is 1. The first-order valence-corrected chi connectivity index (χ1v) is 8.73. The molecule has 1 heterocycles. The van der Waals surface area contributed by atoms with Crippen molar-refractivity contribution in [3.63, 3.8) is 0 Å². The molecule has 0 unspecified atom stereocenters. The molecule has 148 valence electrons. The Morgan fingerprint density at radius 1 is 1.26 bits per heavy atom. The van der Waals surface area contributed by atoms with Crippen LogP contribution in [0.1, 0.15) is 32.1 Å². The van der Waals surface area contributed by atoms with E-state index in [4.69, 9.17) is 9.47 Å². The zero-order valence-electron chi connectivity index (χ0n) is 14.8. The maximum atomic E-state index is 13.7. The maximum absolute atomic E-state index is 13.7. The van der Waals surface area contributed by atoms with Gasteiger partial charge in [-0.2, -0.15) is 23.3 Å². The molecule has 0 spiro atoms. The van der Waals surface area contributed by atoms with Gasteiger partial charge in [-0.05, 0) is 43.5 Å². The summed E-state index contributed by atoms with van der Waals surface area (Å²) >= 11 is 0. The summed E-state index contributed by atoms with van der Waals surface area (Å²) in [5.41, 5.74) is -3.10. The summed E-state index contributed by atoms with van der Waals surface area (Å²) in [6, 6.07) is 6.25. The van der Waals surface area contributed by atoms with Crippen LogP contribution in [0.4, 0.5) is 13.2 Å². The first kappa shape index (κ1) is 19.5. The van der Waals surface area contributed by atoms with E-state index in [2.05, 4.69) is 5.10 Å². The van der Waals surface area contributed by atoms with Crippen LogP contribution in [-0.2, 0) is 4.79 Å². The molecule has 0 radical (unpaired) electrons. The van der Waals surface area contributed by atoms with Crippen LogP contribution in [0.5, 0.6) is 11.5 Å². The number of benzene rings is 1. The second kappa shape index (κ2) is 7.38. The maximum Gasteiger partial charge on any atom is 0.439 e. The summed E-state index contributed by atoms with van der Waals surface area (Å²) in [6.45, 7) is -0.672. The van der Waals surface area contributed by atoms with Gasteiger partial charge in [0.1, 0.15) is 11.5 Å². The van der Waals surface area contributed by atoms with Gasteiger partial charge in [0.2, 0.25) is 0 Å². The summed E-state index contributed by atoms with van der Waals surface area (Å²) in [5, 5.41) is 14.6. The molecule has 1 aliphatic heterocycles. The first-order valence-electron chi connectivity index (χ1n) is 8.73. The van der Waals surface area contributed by atoms with Gasteiger partial charge in [-0.1, -0.05) is 12.8 Å². The third-order valence-electron chi connectivity index (χ3n) is 4.94. The van der Waals surface area contributed by atoms with Crippen molar-refractivity contribution in [3.05, 3.63) is 24.3 Å². The molecule has 1 aromatic carbocycles. The van der Waals surface area contributed by atoms with Crippen LogP contribution >= 0.6 is 0 Å². The Labute approximate surface area is 154 Å². The molecule has 0 bridgehead atoms. The van der Waals surface area contributed by atoms with Gasteiger partial charge in [0.05, 0.1) is 13.0 Å². The number of alkyl halides is 3. The standard InChI is InChI=1S/C18H21F3N2O4/c1-26-12-7-9-13(10-8-12)27-11-16(24)23-17(25,18(19,20)21)14-5-3-2-4-6-15(14)22-23/h7-10,14,25H,2-6,11H2,1H3/t14-,17+/m1/s1. The topological polar surface area (TPSA) is 71.4 Å². The summed E-state index contributed by atoms with van der Waals surface area (Å²) in [7, 11) is 1.49. The molecule has 1 aliphatic carbocycles. The lowest BCUT2D eigenvalue weighted by Crippen LogP contribution is -2.61. The zero-order valence-corrected chi connectivity index (χ0v) is 14.8. The van der Waals surface area contributed by atoms with Gasteiger partial charge in [0, 0.05) is 5.71 Å². The van der Waals surface area contributed by atoms with Gasteiger partial charge < -0.3 is 14.6 Å². The van der Waals surface area contributed by atoms with Crippen LogP contribution in [0, 0.1) is 5.92 Å². The Bertz CT molecular complexity index is 720. The minimum Gasteiger partial charge on any atom is -0.497 e. The molecular weight excluding hydrogens is 365 g/mol. The Kier molecular flexibility index (Phi) is 5.32. The number of carbonyl (C=O) groups is 1. The molecule has 6 nitrogen and oxygen atoms in total. The van der Waals surface area contributed by atoms with E-state index >= 15 is 0 Å². The van der Waals surface area contributed by atoms with Crippen molar-refractivity contribution in [1.82, 2.24) is 5.01 Å². The summed E-state index contributed by atoms with van der Waals surface area (Å²) in [4.78, 5) is 12.4. The molecule has 1 saturated carbocycles. The number of hydrogen-bond acceptors (Lipinski definition) is 5. The number of carbonyl (C=O) groups excluding carboxylic acids is 1.